The van der Waals surface area contributed by atoms with Crippen LogP contribution in [-0.4, -0.2) is 53.5 Å². The summed E-state index contributed by atoms with van der Waals surface area (Å²) in [6.07, 6.45) is 1.98. The molecule has 1 fully saturated rings. The Morgan fingerprint density at radius 3 is 2.59 bits per heavy atom. The topological polar surface area (TPSA) is 88.2 Å². The summed E-state index contributed by atoms with van der Waals surface area (Å²) in [6, 6.07) is 7.47. The fourth-order valence-electron chi connectivity index (χ4n) is 4.41. The Hall–Kier alpha value is -2.41. The Labute approximate surface area is 192 Å². The lowest BCUT2D eigenvalue weighted by molar-refractivity contribution is -0.119. The third-order valence-corrected chi connectivity index (χ3v) is 6.16. The van der Waals surface area contributed by atoms with E-state index in [-0.39, 0.29) is 23.5 Å². The highest BCUT2D eigenvalue weighted by Gasteiger charge is 2.40. The standard InChI is InChI=1S/C25H38N4O3/c1-7-15-28-18-11-9-8-10-17(18)20(27-21(26)22(28)30)19-12-13-25(5,6)14-16-29(19)23(31)32-24(2,3)4/h8-11,19,21H,7,12-16,26H2,1-6H3/t19-,21-/m1/s1. The molecule has 2 aliphatic heterocycles. The molecule has 2 amide bonds. The van der Waals surface area contributed by atoms with Crippen LogP contribution in [0.15, 0.2) is 29.3 Å². The first-order valence-electron chi connectivity index (χ1n) is 11.7. The molecule has 0 unspecified atom stereocenters. The van der Waals surface area contributed by atoms with Gasteiger partial charge in [0.2, 0.25) is 0 Å². The normalized spacial score (nSPS) is 23.7. The van der Waals surface area contributed by atoms with Crippen LogP contribution < -0.4 is 10.6 Å². The molecule has 2 heterocycles. The minimum atomic E-state index is -0.999. The highest BCUT2D eigenvalue weighted by atomic mass is 16.6. The molecule has 176 valence electrons. The van der Waals surface area contributed by atoms with Gasteiger partial charge >= 0.3 is 6.09 Å². The molecule has 1 aromatic carbocycles. The van der Waals surface area contributed by atoms with Crippen LogP contribution in [0.5, 0.6) is 0 Å². The second kappa shape index (κ2) is 9.22. The van der Waals surface area contributed by atoms with Gasteiger partial charge in [0.25, 0.3) is 5.91 Å². The van der Waals surface area contributed by atoms with Crippen LogP contribution in [0.2, 0.25) is 0 Å². The molecule has 2 atom stereocenters. The van der Waals surface area contributed by atoms with Gasteiger partial charge in [0.1, 0.15) is 5.60 Å². The van der Waals surface area contributed by atoms with Gasteiger partial charge in [0, 0.05) is 18.7 Å². The molecular formula is C25H38N4O3. The van der Waals surface area contributed by atoms with Gasteiger partial charge < -0.3 is 15.4 Å². The van der Waals surface area contributed by atoms with Crippen LogP contribution in [0.4, 0.5) is 10.5 Å². The van der Waals surface area contributed by atoms with Crippen LogP contribution in [0.3, 0.4) is 0 Å². The molecule has 0 aliphatic carbocycles. The molecule has 1 aromatic rings. The Bertz CT molecular complexity index is 887. The Kier molecular flexibility index (Phi) is 6.98. The van der Waals surface area contributed by atoms with Gasteiger partial charge in [0.05, 0.1) is 17.4 Å². The van der Waals surface area contributed by atoms with E-state index in [4.69, 9.17) is 15.5 Å². The van der Waals surface area contributed by atoms with E-state index in [0.29, 0.717) is 18.8 Å². The molecule has 7 heteroatoms. The lowest BCUT2D eigenvalue weighted by Crippen LogP contribution is -2.47. The Balaban J connectivity index is 2.11. The van der Waals surface area contributed by atoms with E-state index in [1.54, 1.807) is 9.80 Å². The predicted molar refractivity (Wildman–Crippen MR) is 128 cm³/mol. The van der Waals surface area contributed by atoms with Gasteiger partial charge in [0.15, 0.2) is 6.17 Å². The predicted octanol–water partition coefficient (Wildman–Crippen LogP) is 4.33. The van der Waals surface area contributed by atoms with Gasteiger partial charge in [-0.15, -0.1) is 0 Å². The minimum absolute atomic E-state index is 0.0893. The van der Waals surface area contributed by atoms with Gasteiger partial charge in [-0.3, -0.25) is 14.7 Å². The molecule has 7 nitrogen and oxygen atoms in total. The molecular weight excluding hydrogens is 404 g/mol. The van der Waals surface area contributed by atoms with E-state index in [1.807, 2.05) is 52.0 Å². The van der Waals surface area contributed by atoms with Crippen LogP contribution in [0, 0.1) is 5.41 Å². The fourth-order valence-corrected chi connectivity index (χ4v) is 4.41. The molecule has 0 bridgehead atoms. The van der Waals surface area contributed by atoms with Crippen molar-refractivity contribution in [2.75, 3.05) is 18.0 Å². The minimum Gasteiger partial charge on any atom is -0.444 e. The van der Waals surface area contributed by atoms with E-state index in [0.717, 1.165) is 36.9 Å². The van der Waals surface area contributed by atoms with Crippen molar-refractivity contribution in [3.8, 4) is 0 Å². The second-order valence-electron chi connectivity index (χ2n) is 10.6. The average Bonchev–Trinajstić information content (AvgIpc) is 2.92. The quantitative estimate of drug-likeness (QED) is 0.754. The van der Waals surface area contributed by atoms with Crippen molar-refractivity contribution in [1.29, 1.82) is 0 Å². The van der Waals surface area contributed by atoms with Crippen LogP contribution in [0.1, 0.15) is 72.8 Å². The van der Waals surface area contributed by atoms with Gasteiger partial charge in [-0.2, -0.15) is 0 Å². The van der Waals surface area contributed by atoms with Crippen LogP contribution in [0.25, 0.3) is 0 Å². The average molecular weight is 443 g/mol. The van der Waals surface area contributed by atoms with Crippen molar-refractivity contribution in [1.82, 2.24) is 4.90 Å². The third kappa shape index (κ3) is 5.31. The summed E-state index contributed by atoms with van der Waals surface area (Å²) in [5.74, 6) is -0.216. The number of hydrogen-bond donors (Lipinski definition) is 1. The van der Waals surface area contributed by atoms with E-state index < -0.39 is 11.8 Å². The summed E-state index contributed by atoms with van der Waals surface area (Å²) in [5.41, 5.74) is 8.13. The largest absolute Gasteiger partial charge is 0.444 e. The molecule has 0 aromatic heterocycles. The molecule has 3 rings (SSSR count). The smallest absolute Gasteiger partial charge is 0.410 e. The molecule has 0 saturated carbocycles. The summed E-state index contributed by atoms with van der Waals surface area (Å²) in [5, 5.41) is 0. The van der Waals surface area contributed by atoms with Crippen molar-refractivity contribution < 1.29 is 14.3 Å². The number of benzodiazepines with no additional fused rings is 1. The van der Waals surface area contributed by atoms with Crippen molar-refractivity contribution in [3.05, 3.63) is 29.8 Å². The van der Waals surface area contributed by atoms with E-state index in [1.165, 1.54) is 0 Å². The van der Waals surface area contributed by atoms with Gasteiger partial charge in [-0.05, 0) is 57.9 Å². The number of benzene rings is 1. The monoisotopic (exact) mass is 442 g/mol. The van der Waals surface area contributed by atoms with Crippen molar-refractivity contribution in [3.63, 3.8) is 0 Å². The summed E-state index contributed by atoms with van der Waals surface area (Å²) >= 11 is 0. The number of anilines is 1. The van der Waals surface area contributed by atoms with E-state index in [2.05, 4.69) is 13.8 Å². The zero-order chi connectivity index (χ0) is 23.7. The Morgan fingerprint density at radius 2 is 1.94 bits per heavy atom. The zero-order valence-electron chi connectivity index (χ0n) is 20.4. The van der Waals surface area contributed by atoms with Crippen LogP contribution >= 0.6 is 0 Å². The maximum absolute atomic E-state index is 13.3. The first-order valence-corrected chi connectivity index (χ1v) is 11.7. The van der Waals surface area contributed by atoms with E-state index in [9.17, 15) is 9.59 Å². The number of amides is 2. The number of carbonyl (C=O) groups excluding carboxylic acids is 2. The lowest BCUT2D eigenvalue weighted by Gasteiger charge is -2.33. The maximum Gasteiger partial charge on any atom is 0.410 e. The zero-order valence-corrected chi connectivity index (χ0v) is 20.4. The summed E-state index contributed by atoms with van der Waals surface area (Å²) in [6.45, 7) is 13.2. The number of likely N-dealkylation sites (tertiary alicyclic amines) is 1. The first kappa shape index (κ1) is 24.2. The number of aliphatic imine (C=N–C) groups is 1. The number of carbonyl (C=O) groups is 2. The number of hydrogen-bond acceptors (Lipinski definition) is 5. The number of nitrogens with two attached hydrogens (primary N) is 1. The highest BCUT2D eigenvalue weighted by molar-refractivity contribution is 6.15. The maximum atomic E-state index is 13.3. The van der Waals surface area contributed by atoms with Gasteiger partial charge in [-0.25, -0.2) is 4.79 Å². The number of fused-ring (bicyclic) bond motifs is 1. The first-order chi connectivity index (χ1) is 14.9. The fraction of sp³-hybridized carbons (Fsp3) is 0.640. The van der Waals surface area contributed by atoms with Crippen molar-refractivity contribution in [2.45, 2.75) is 85.0 Å². The lowest BCUT2D eigenvalue weighted by atomic mass is 9.84. The molecule has 0 spiro atoms. The molecule has 1 saturated heterocycles. The summed E-state index contributed by atoms with van der Waals surface area (Å²) in [4.78, 5) is 34.6. The third-order valence-electron chi connectivity index (χ3n) is 6.16. The Morgan fingerprint density at radius 1 is 1.25 bits per heavy atom. The summed E-state index contributed by atoms with van der Waals surface area (Å²) < 4.78 is 5.77. The number of nitrogens with zero attached hydrogens (tertiary/aromatic N) is 3. The van der Waals surface area contributed by atoms with E-state index >= 15 is 0 Å². The van der Waals surface area contributed by atoms with Crippen LogP contribution in [-0.2, 0) is 9.53 Å². The van der Waals surface area contributed by atoms with Crippen molar-refractivity contribution in [2.24, 2.45) is 16.1 Å². The molecule has 0 radical (unpaired) electrons. The van der Waals surface area contributed by atoms with Gasteiger partial charge in [-0.1, -0.05) is 39.0 Å². The summed E-state index contributed by atoms with van der Waals surface area (Å²) in [7, 11) is 0. The number of ether oxygens (including phenoxy) is 1. The molecule has 32 heavy (non-hydrogen) atoms. The SMILES string of the molecule is CCCN1C(=O)[C@H](N)N=C([C@H]2CCC(C)(C)CCN2C(=O)OC(C)(C)C)c2ccccc21. The highest BCUT2D eigenvalue weighted by Crippen LogP contribution is 2.36. The molecule has 2 N–H and O–H groups in total. The number of para-hydroxylation sites is 1. The van der Waals surface area contributed by atoms with Crippen molar-refractivity contribution >= 4 is 23.4 Å². The number of rotatable bonds is 3. The molecule has 2 aliphatic rings. The second-order valence-corrected chi connectivity index (χ2v) is 10.6.